The largest absolute Gasteiger partial charge is 0.456 e. The Balaban J connectivity index is 1.24. The molecule has 268 valence electrons. The minimum Gasteiger partial charge on any atom is -0.456 e. The molecule has 4 aromatic rings. The maximum Gasteiger partial charge on any atom is 0.339 e. The van der Waals surface area contributed by atoms with Crippen molar-refractivity contribution in [1.82, 2.24) is 10.6 Å². The number of para-hydroxylation sites is 1. The monoisotopic (exact) mass is 707 g/mol. The van der Waals surface area contributed by atoms with Gasteiger partial charge in [0.2, 0.25) is 5.91 Å². The van der Waals surface area contributed by atoms with E-state index in [1.54, 1.807) is 22.7 Å². The van der Waals surface area contributed by atoms with E-state index < -0.39 is 17.2 Å². The number of hydrogen-bond donors (Lipinski definition) is 2. The van der Waals surface area contributed by atoms with Gasteiger partial charge in [0.1, 0.15) is 11.6 Å². The van der Waals surface area contributed by atoms with E-state index in [4.69, 9.17) is 9.47 Å². The zero-order chi connectivity index (χ0) is 36.6. The van der Waals surface area contributed by atoms with Crippen LogP contribution in [0.25, 0.3) is 11.1 Å². The molecule has 0 unspecified atom stereocenters. The van der Waals surface area contributed by atoms with Gasteiger partial charge >= 0.3 is 5.97 Å². The van der Waals surface area contributed by atoms with Crippen LogP contribution in [-0.4, -0.2) is 53.4 Å². The van der Waals surface area contributed by atoms with Crippen LogP contribution >= 0.6 is 11.8 Å². The van der Waals surface area contributed by atoms with Crippen LogP contribution in [0.15, 0.2) is 108 Å². The van der Waals surface area contributed by atoms with Gasteiger partial charge in [-0.3, -0.25) is 9.59 Å². The minimum absolute atomic E-state index is 0.0479. The Bertz CT molecular complexity index is 1800. The van der Waals surface area contributed by atoms with E-state index >= 15 is 0 Å². The molecule has 1 aliphatic heterocycles. The lowest BCUT2D eigenvalue weighted by Crippen LogP contribution is -2.52. The molecule has 2 atom stereocenters. The molecule has 51 heavy (non-hydrogen) atoms. The highest BCUT2D eigenvalue weighted by atomic mass is 32.2. The molecule has 4 aromatic carbocycles. The number of carbonyl (C=O) groups excluding carboxylic acids is 3. The normalized spacial score (nSPS) is 15.5. The molecule has 0 spiro atoms. The summed E-state index contributed by atoms with van der Waals surface area (Å²) in [5.74, 6) is -0.297. The molecular formula is C42H49N3O5S. The predicted molar refractivity (Wildman–Crippen MR) is 205 cm³/mol. The first-order valence-electron chi connectivity index (χ1n) is 17.4. The number of esters is 1. The van der Waals surface area contributed by atoms with Crippen molar-refractivity contribution in [1.29, 1.82) is 0 Å². The molecule has 1 aliphatic rings. The molecule has 0 radical (unpaired) electrons. The number of hydrogen-bond acceptors (Lipinski definition) is 7. The molecule has 1 heterocycles. The Hall–Kier alpha value is -4.44. The third-order valence-electron chi connectivity index (χ3n) is 8.46. The molecule has 2 N–H and O–H groups in total. The fourth-order valence-corrected chi connectivity index (χ4v) is 6.91. The lowest BCUT2D eigenvalue weighted by atomic mass is 9.98. The van der Waals surface area contributed by atoms with Crippen LogP contribution in [0.4, 0.5) is 5.69 Å². The second-order valence-electron chi connectivity index (χ2n) is 14.6. The van der Waals surface area contributed by atoms with Gasteiger partial charge in [-0.15, -0.1) is 11.8 Å². The van der Waals surface area contributed by atoms with Crippen molar-refractivity contribution in [2.45, 2.75) is 89.3 Å². The van der Waals surface area contributed by atoms with Crippen LogP contribution in [0.5, 0.6) is 0 Å². The summed E-state index contributed by atoms with van der Waals surface area (Å²) in [5.41, 5.74) is 3.88. The fraction of sp³-hybridized carbons (Fsp3) is 0.357. The van der Waals surface area contributed by atoms with Crippen molar-refractivity contribution in [3.63, 3.8) is 0 Å². The zero-order valence-electron chi connectivity index (χ0n) is 30.4. The maximum absolute atomic E-state index is 14.2. The smallest absolute Gasteiger partial charge is 0.339 e. The maximum atomic E-state index is 14.2. The molecule has 0 aliphatic carbocycles. The molecule has 9 heteroatoms. The third kappa shape index (κ3) is 10.8. The molecule has 0 aromatic heterocycles. The first kappa shape index (κ1) is 37.8. The zero-order valence-corrected chi connectivity index (χ0v) is 31.2. The highest BCUT2D eigenvalue weighted by molar-refractivity contribution is 7.99. The van der Waals surface area contributed by atoms with Crippen LogP contribution in [0, 0.1) is 0 Å². The minimum atomic E-state index is -0.696. The first-order valence-corrected chi connectivity index (χ1v) is 18.4. The standard InChI is InChI=1S/C42H49N3O5S/c1-29(49-27-31-14-8-7-9-15-31)25-43-42(5,6)24-38(46)44-35-28-51-37-19-13-12-18-36(37)45(39(35)47)26-30-20-22-32(23-21-30)33-16-10-11-17-34(33)40(48)50-41(2,3)4/h7-23,29,35,43H,24-28H2,1-6H3,(H,44,46)/t29-,35-/m1/s1. The van der Waals surface area contributed by atoms with Gasteiger partial charge in [0.25, 0.3) is 5.91 Å². The third-order valence-corrected chi connectivity index (χ3v) is 9.62. The molecule has 0 saturated carbocycles. The van der Waals surface area contributed by atoms with Crippen molar-refractivity contribution >= 4 is 35.2 Å². The molecule has 0 bridgehead atoms. The fourth-order valence-electron chi connectivity index (χ4n) is 5.84. The Morgan fingerprint density at radius 1 is 0.863 bits per heavy atom. The van der Waals surface area contributed by atoms with Crippen molar-refractivity contribution in [3.05, 3.63) is 120 Å². The van der Waals surface area contributed by atoms with Gasteiger partial charge in [-0.1, -0.05) is 84.9 Å². The number of carbonyl (C=O) groups is 3. The topological polar surface area (TPSA) is 97.0 Å². The van der Waals surface area contributed by atoms with Crippen molar-refractivity contribution in [2.75, 3.05) is 17.2 Å². The number of rotatable bonds is 13. The van der Waals surface area contributed by atoms with Crippen LogP contribution < -0.4 is 15.5 Å². The summed E-state index contributed by atoms with van der Waals surface area (Å²) in [4.78, 5) is 43.3. The summed E-state index contributed by atoms with van der Waals surface area (Å²) in [6.45, 7) is 13.0. The molecule has 2 amide bonds. The average molecular weight is 708 g/mol. The van der Waals surface area contributed by atoms with E-state index in [0.717, 1.165) is 32.8 Å². The van der Waals surface area contributed by atoms with Gasteiger partial charge in [-0.2, -0.15) is 0 Å². The number of nitrogens with zero attached hydrogens (tertiary/aromatic N) is 1. The van der Waals surface area contributed by atoms with E-state index in [0.29, 0.717) is 31.0 Å². The van der Waals surface area contributed by atoms with Crippen LogP contribution in [0.3, 0.4) is 0 Å². The molecule has 8 nitrogen and oxygen atoms in total. The molecule has 0 fully saturated rings. The summed E-state index contributed by atoms with van der Waals surface area (Å²) >= 11 is 1.57. The lowest BCUT2D eigenvalue weighted by molar-refractivity contribution is -0.128. The van der Waals surface area contributed by atoms with Gasteiger partial charge < -0.3 is 25.0 Å². The van der Waals surface area contributed by atoms with E-state index in [1.165, 1.54) is 0 Å². The Morgan fingerprint density at radius 3 is 2.25 bits per heavy atom. The Morgan fingerprint density at radius 2 is 1.53 bits per heavy atom. The SMILES string of the molecule is C[C@H](CNC(C)(C)CC(=O)N[C@@H]1CSc2ccccc2N(Cc2ccc(-c3ccccc3C(=O)OC(C)(C)C)cc2)C1=O)OCc1ccccc1. The van der Waals surface area contributed by atoms with Crippen LogP contribution in [-0.2, 0) is 32.2 Å². The number of amides is 2. The highest BCUT2D eigenvalue weighted by Crippen LogP contribution is 2.35. The van der Waals surface area contributed by atoms with Gasteiger partial charge in [-0.05, 0) is 82.0 Å². The quantitative estimate of drug-likeness (QED) is 0.137. The van der Waals surface area contributed by atoms with E-state index in [9.17, 15) is 14.4 Å². The number of benzene rings is 4. The first-order chi connectivity index (χ1) is 24.3. The molecule has 0 saturated heterocycles. The van der Waals surface area contributed by atoms with Crippen molar-refractivity contribution in [3.8, 4) is 11.1 Å². The number of thioether (sulfide) groups is 1. The summed E-state index contributed by atoms with van der Waals surface area (Å²) in [7, 11) is 0. The van der Waals surface area contributed by atoms with E-state index in [1.807, 2.05) is 139 Å². The Kier molecular flexibility index (Phi) is 12.4. The Labute approximate surface area is 306 Å². The summed E-state index contributed by atoms with van der Waals surface area (Å²) < 4.78 is 11.6. The van der Waals surface area contributed by atoms with Crippen molar-refractivity contribution in [2.24, 2.45) is 0 Å². The number of ether oxygens (including phenoxy) is 2. The van der Waals surface area contributed by atoms with Crippen LogP contribution in [0.1, 0.15) is 69.4 Å². The predicted octanol–water partition coefficient (Wildman–Crippen LogP) is 7.80. The number of fused-ring (bicyclic) bond motifs is 1. The number of nitrogens with one attached hydrogen (secondary N) is 2. The van der Waals surface area contributed by atoms with Crippen LogP contribution in [0.2, 0.25) is 0 Å². The molecular weight excluding hydrogens is 659 g/mol. The van der Waals surface area contributed by atoms with Gasteiger partial charge in [0.15, 0.2) is 0 Å². The average Bonchev–Trinajstić information content (AvgIpc) is 3.22. The van der Waals surface area contributed by atoms with Gasteiger partial charge in [0.05, 0.1) is 30.5 Å². The van der Waals surface area contributed by atoms with E-state index in [-0.39, 0.29) is 30.3 Å². The number of anilines is 1. The highest BCUT2D eigenvalue weighted by Gasteiger charge is 2.33. The second-order valence-corrected chi connectivity index (χ2v) is 15.7. The summed E-state index contributed by atoms with van der Waals surface area (Å²) in [6.07, 6.45) is 0.152. The molecule has 5 rings (SSSR count). The van der Waals surface area contributed by atoms with Gasteiger partial charge in [0, 0.05) is 29.2 Å². The van der Waals surface area contributed by atoms with Crippen molar-refractivity contribution < 1.29 is 23.9 Å². The lowest BCUT2D eigenvalue weighted by Gasteiger charge is -2.29. The second kappa shape index (κ2) is 16.7. The van der Waals surface area contributed by atoms with E-state index in [2.05, 4.69) is 10.6 Å². The summed E-state index contributed by atoms with van der Waals surface area (Å²) in [5, 5.41) is 6.51. The van der Waals surface area contributed by atoms with Gasteiger partial charge in [-0.25, -0.2) is 4.79 Å². The summed E-state index contributed by atoms with van der Waals surface area (Å²) in [6, 6.07) is 32.5.